The number of nitrogens with one attached hydrogen (secondary N) is 1. The fourth-order valence-corrected chi connectivity index (χ4v) is 3.21. The lowest BCUT2D eigenvalue weighted by atomic mass is 10.1. The fraction of sp³-hybridized carbons (Fsp3) is 0.421. The maximum Gasteiger partial charge on any atom is 0.254 e. The van der Waals surface area contributed by atoms with Crippen molar-refractivity contribution in [3.63, 3.8) is 0 Å². The summed E-state index contributed by atoms with van der Waals surface area (Å²) in [5, 5.41) is 3.00. The Morgan fingerprint density at radius 2 is 1.92 bits per heavy atom. The Kier molecular flexibility index (Phi) is 5.58. The summed E-state index contributed by atoms with van der Waals surface area (Å²) in [7, 11) is 0. The van der Waals surface area contributed by atoms with Gasteiger partial charge in [0.2, 0.25) is 5.91 Å². The number of benzene rings is 1. The van der Waals surface area contributed by atoms with Crippen molar-refractivity contribution in [1.82, 2.24) is 14.9 Å². The van der Waals surface area contributed by atoms with E-state index in [1.807, 2.05) is 0 Å². The molecule has 1 aromatic carbocycles. The highest BCUT2D eigenvalue weighted by Crippen LogP contribution is 2.19. The molecule has 1 N–H and O–H groups in total. The predicted octanol–water partition coefficient (Wildman–Crippen LogP) is 2.89. The molecule has 1 aliphatic carbocycles. The minimum atomic E-state index is -0.432. The van der Waals surface area contributed by atoms with Crippen molar-refractivity contribution in [3.05, 3.63) is 52.8 Å². The van der Waals surface area contributed by atoms with E-state index >= 15 is 0 Å². The summed E-state index contributed by atoms with van der Waals surface area (Å²) in [4.78, 5) is 28.6. The van der Waals surface area contributed by atoms with Crippen LogP contribution in [0.25, 0.3) is 11.3 Å². The summed E-state index contributed by atoms with van der Waals surface area (Å²) < 4.78 is 15.0. The van der Waals surface area contributed by atoms with Crippen LogP contribution in [0.2, 0.25) is 0 Å². The van der Waals surface area contributed by atoms with Crippen LogP contribution in [0.5, 0.6) is 0 Å². The van der Waals surface area contributed by atoms with E-state index in [4.69, 9.17) is 0 Å². The van der Waals surface area contributed by atoms with E-state index in [1.54, 1.807) is 18.2 Å². The zero-order chi connectivity index (χ0) is 17.6. The molecule has 132 valence electrons. The molecule has 2 aromatic rings. The van der Waals surface area contributed by atoms with E-state index in [9.17, 15) is 14.0 Å². The van der Waals surface area contributed by atoms with Crippen molar-refractivity contribution in [2.24, 2.45) is 0 Å². The first kappa shape index (κ1) is 17.3. The molecular formula is C19H22FN3O2. The van der Waals surface area contributed by atoms with Gasteiger partial charge >= 0.3 is 0 Å². The minimum Gasteiger partial charge on any atom is -0.352 e. The van der Waals surface area contributed by atoms with E-state index in [1.165, 1.54) is 35.9 Å². The van der Waals surface area contributed by atoms with Crippen molar-refractivity contribution < 1.29 is 9.18 Å². The minimum absolute atomic E-state index is 0.0696. The number of hydrogen-bond donors (Lipinski definition) is 1. The molecule has 0 saturated heterocycles. The van der Waals surface area contributed by atoms with Gasteiger partial charge in [-0.3, -0.25) is 14.2 Å². The topological polar surface area (TPSA) is 64.0 Å². The summed E-state index contributed by atoms with van der Waals surface area (Å²) in [5.41, 5.74) is 0.169. The SMILES string of the molecule is O=C(Cn1cnc(-c2ccccc2F)cc1=O)NC1CCCCCC1. The van der Waals surface area contributed by atoms with Gasteiger partial charge in [-0.1, -0.05) is 37.8 Å². The molecule has 1 saturated carbocycles. The van der Waals surface area contributed by atoms with Crippen LogP contribution in [0.4, 0.5) is 4.39 Å². The van der Waals surface area contributed by atoms with Gasteiger partial charge in [0, 0.05) is 17.7 Å². The Hall–Kier alpha value is -2.50. The molecule has 6 heteroatoms. The van der Waals surface area contributed by atoms with Crippen LogP contribution >= 0.6 is 0 Å². The summed E-state index contributed by atoms with van der Waals surface area (Å²) in [6.07, 6.45) is 7.97. The highest BCUT2D eigenvalue weighted by molar-refractivity contribution is 5.76. The molecule has 0 aliphatic heterocycles. The maximum atomic E-state index is 13.8. The van der Waals surface area contributed by atoms with E-state index in [2.05, 4.69) is 10.3 Å². The first-order chi connectivity index (χ1) is 12.1. The first-order valence-corrected chi connectivity index (χ1v) is 8.74. The molecule has 1 aliphatic rings. The monoisotopic (exact) mass is 343 g/mol. The summed E-state index contributed by atoms with van der Waals surface area (Å²) in [5.74, 6) is -0.618. The second kappa shape index (κ2) is 8.05. The van der Waals surface area contributed by atoms with Crippen molar-refractivity contribution in [2.75, 3.05) is 0 Å². The third-order valence-electron chi connectivity index (χ3n) is 4.56. The van der Waals surface area contributed by atoms with Gasteiger partial charge in [-0.15, -0.1) is 0 Å². The van der Waals surface area contributed by atoms with Crippen molar-refractivity contribution in [3.8, 4) is 11.3 Å². The molecule has 1 fully saturated rings. The zero-order valence-electron chi connectivity index (χ0n) is 14.1. The van der Waals surface area contributed by atoms with Crippen molar-refractivity contribution in [1.29, 1.82) is 0 Å². The Morgan fingerprint density at radius 3 is 2.60 bits per heavy atom. The summed E-state index contributed by atoms with van der Waals surface area (Å²) in [6, 6.07) is 7.61. The number of halogens is 1. The number of amides is 1. The van der Waals surface area contributed by atoms with Gasteiger partial charge in [-0.25, -0.2) is 9.37 Å². The summed E-state index contributed by atoms with van der Waals surface area (Å²) >= 11 is 0. The fourth-order valence-electron chi connectivity index (χ4n) is 3.21. The molecule has 0 radical (unpaired) electrons. The molecule has 1 aromatic heterocycles. The van der Waals surface area contributed by atoms with Gasteiger partial charge in [0.05, 0.1) is 12.0 Å². The van der Waals surface area contributed by atoms with E-state index in [0.29, 0.717) is 0 Å². The lowest BCUT2D eigenvalue weighted by Gasteiger charge is -2.16. The molecular weight excluding hydrogens is 321 g/mol. The largest absolute Gasteiger partial charge is 0.352 e. The van der Waals surface area contributed by atoms with Crippen LogP contribution in [0, 0.1) is 5.82 Å². The van der Waals surface area contributed by atoms with E-state index in [0.717, 1.165) is 25.7 Å². The molecule has 0 atom stereocenters. The average Bonchev–Trinajstić information content (AvgIpc) is 2.86. The highest BCUT2D eigenvalue weighted by atomic mass is 19.1. The summed E-state index contributed by atoms with van der Waals surface area (Å²) in [6.45, 7) is -0.0696. The molecule has 3 rings (SSSR count). The predicted molar refractivity (Wildman–Crippen MR) is 93.5 cm³/mol. The van der Waals surface area contributed by atoms with Crippen LogP contribution < -0.4 is 10.9 Å². The number of nitrogens with zero attached hydrogens (tertiary/aromatic N) is 2. The Labute approximate surface area is 145 Å². The number of carbonyl (C=O) groups excluding carboxylic acids is 1. The molecule has 0 spiro atoms. The lowest BCUT2D eigenvalue weighted by Crippen LogP contribution is -2.38. The molecule has 1 heterocycles. The van der Waals surface area contributed by atoms with Crippen molar-refractivity contribution >= 4 is 5.91 Å². The maximum absolute atomic E-state index is 13.8. The number of aromatic nitrogens is 2. The van der Waals surface area contributed by atoms with Crippen LogP contribution in [0.3, 0.4) is 0 Å². The van der Waals surface area contributed by atoms with E-state index in [-0.39, 0.29) is 35.3 Å². The third kappa shape index (κ3) is 4.53. The Balaban J connectivity index is 1.68. The first-order valence-electron chi connectivity index (χ1n) is 8.74. The second-order valence-corrected chi connectivity index (χ2v) is 6.48. The smallest absolute Gasteiger partial charge is 0.254 e. The van der Waals surface area contributed by atoms with Crippen LogP contribution in [0.1, 0.15) is 38.5 Å². The van der Waals surface area contributed by atoms with Crippen LogP contribution in [-0.2, 0) is 11.3 Å². The van der Waals surface area contributed by atoms with Gasteiger partial charge in [-0.05, 0) is 25.0 Å². The molecule has 1 amide bonds. The molecule has 25 heavy (non-hydrogen) atoms. The standard InChI is InChI=1S/C19H22FN3O2/c20-16-10-6-5-9-15(16)17-11-19(25)23(13-21-17)12-18(24)22-14-7-3-1-2-4-8-14/h5-6,9-11,13-14H,1-4,7-8,12H2,(H,22,24). The van der Waals surface area contributed by atoms with Gasteiger partial charge < -0.3 is 5.32 Å². The van der Waals surface area contributed by atoms with Crippen LogP contribution in [-0.4, -0.2) is 21.5 Å². The van der Waals surface area contributed by atoms with Crippen LogP contribution in [0.15, 0.2) is 41.5 Å². The lowest BCUT2D eigenvalue weighted by molar-refractivity contribution is -0.122. The van der Waals surface area contributed by atoms with E-state index < -0.39 is 5.82 Å². The molecule has 5 nitrogen and oxygen atoms in total. The number of hydrogen-bond acceptors (Lipinski definition) is 3. The van der Waals surface area contributed by atoms with Gasteiger partial charge in [0.15, 0.2) is 0 Å². The zero-order valence-corrected chi connectivity index (χ0v) is 14.1. The van der Waals surface area contributed by atoms with Crippen molar-refractivity contribution in [2.45, 2.75) is 51.1 Å². The number of rotatable bonds is 4. The average molecular weight is 343 g/mol. The Morgan fingerprint density at radius 1 is 1.20 bits per heavy atom. The quantitative estimate of drug-likeness (QED) is 0.868. The van der Waals surface area contributed by atoms with Gasteiger partial charge in [-0.2, -0.15) is 0 Å². The Bertz CT molecular complexity index is 795. The molecule has 0 bridgehead atoms. The normalized spacial score (nSPS) is 15.6. The number of carbonyl (C=O) groups is 1. The second-order valence-electron chi connectivity index (χ2n) is 6.48. The van der Waals surface area contributed by atoms with Gasteiger partial charge in [0.1, 0.15) is 12.4 Å². The molecule has 0 unspecified atom stereocenters. The third-order valence-corrected chi connectivity index (χ3v) is 4.56. The van der Waals surface area contributed by atoms with Gasteiger partial charge in [0.25, 0.3) is 5.56 Å². The highest BCUT2D eigenvalue weighted by Gasteiger charge is 2.15.